The fourth-order valence-electron chi connectivity index (χ4n) is 3.12. The highest BCUT2D eigenvalue weighted by Gasteiger charge is 2.09. The van der Waals surface area contributed by atoms with Gasteiger partial charge in [-0.2, -0.15) is 5.26 Å². The molecule has 2 aromatic carbocycles. The van der Waals surface area contributed by atoms with Crippen molar-refractivity contribution < 1.29 is 0 Å². The molecule has 0 bridgehead atoms. The van der Waals surface area contributed by atoms with E-state index in [2.05, 4.69) is 15.0 Å². The lowest BCUT2D eigenvalue weighted by Gasteiger charge is -2.06. The molecule has 0 atom stereocenters. The molecule has 4 aromatic rings. The summed E-state index contributed by atoms with van der Waals surface area (Å²) >= 11 is 0. The van der Waals surface area contributed by atoms with Crippen LogP contribution in [0.1, 0.15) is 29.6 Å². The number of H-pyrrole nitrogens is 1. The first kappa shape index (κ1) is 17.4. The van der Waals surface area contributed by atoms with E-state index in [-0.39, 0.29) is 5.56 Å². The van der Waals surface area contributed by atoms with Gasteiger partial charge in [-0.05, 0) is 55.3 Å². The number of nitrogens with one attached hydrogen (secondary N) is 1. The lowest BCUT2D eigenvalue weighted by Crippen LogP contribution is -2.16. The molecule has 136 valence electrons. The van der Waals surface area contributed by atoms with Crippen molar-refractivity contribution in [1.82, 2.24) is 19.5 Å². The maximum atomic E-state index is 12.0. The number of hydrogen-bond donors (Lipinski definition) is 1. The summed E-state index contributed by atoms with van der Waals surface area (Å²) in [5.74, 6) is 0.464. The first-order chi connectivity index (χ1) is 13.6. The maximum Gasteiger partial charge on any atom is 0.269 e. The van der Waals surface area contributed by atoms with Gasteiger partial charge < -0.3 is 4.98 Å². The van der Waals surface area contributed by atoms with Gasteiger partial charge in [-0.1, -0.05) is 24.3 Å². The molecule has 0 amide bonds. The largest absolute Gasteiger partial charge is 0.306 e. The van der Waals surface area contributed by atoms with Crippen LogP contribution in [0.25, 0.3) is 28.4 Å². The minimum Gasteiger partial charge on any atom is -0.306 e. The van der Waals surface area contributed by atoms with E-state index in [0.717, 1.165) is 27.9 Å². The number of aromatic nitrogens is 4. The van der Waals surface area contributed by atoms with E-state index >= 15 is 0 Å². The monoisotopic (exact) mass is 367 g/mol. The molecule has 2 heterocycles. The molecule has 0 saturated carbocycles. The fourth-order valence-corrected chi connectivity index (χ4v) is 3.12. The molecule has 6 nitrogen and oxygen atoms in total. The highest BCUT2D eigenvalue weighted by Crippen LogP contribution is 2.20. The standard InChI is InChI=1S/C22H17N5O/c1-14(21-25-15(2)18(12-23)22(28)26-21)11-16-7-9-17(10-8-16)27-13-24-19-5-3-4-6-20(19)27/h3-11,13H,1-2H3,(H,25,26,28)/b14-11-. The Labute approximate surface area is 161 Å². The molecule has 0 aliphatic rings. The summed E-state index contributed by atoms with van der Waals surface area (Å²) in [6.45, 7) is 3.54. The molecule has 0 fully saturated rings. The number of nitrogens with zero attached hydrogens (tertiary/aromatic N) is 4. The number of allylic oxidation sites excluding steroid dienone is 1. The van der Waals surface area contributed by atoms with Crippen LogP contribution in [0.3, 0.4) is 0 Å². The second-order valence-corrected chi connectivity index (χ2v) is 6.51. The van der Waals surface area contributed by atoms with Crippen molar-refractivity contribution in [3.05, 3.63) is 87.9 Å². The Kier molecular flexibility index (Phi) is 4.34. The van der Waals surface area contributed by atoms with E-state index < -0.39 is 5.56 Å². The predicted octanol–water partition coefficient (Wildman–Crippen LogP) is 3.85. The van der Waals surface area contributed by atoms with Crippen LogP contribution in [-0.2, 0) is 0 Å². The smallest absolute Gasteiger partial charge is 0.269 e. The number of benzene rings is 2. The second-order valence-electron chi connectivity index (χ2n) is 6.51. The van der Waals surface area contributed by atoms with Crippen LogP contribution in [0.5, 0.6) is 0 Å². The van der Waals surface area contributed by atoms with Crippen LogP contribution in [0.15, 0.2) is 59.7 Å². The van der Waals surface area contributed by atoms with Crippen molar-refractivity contribution in [3.63, 3.8) is 0 Å². The zero-order valence-corrected chi connectivity index (χ0v) is 15.5. The fraction of sp³-hybridized carbons (Fsp3) is 0.0909. The summed E-state index contributed by atoms with van der Waals surface area (Å²) in [6, 6.07) is 17.9. The Morgan fingerprint density at radius 3 is 2.64 bits per heavy atom. The Bertz CT molecular complexity index is 1300. The molecule has 4 rings (SSSR count). The molecule has 0 saturated heterocycles. The van der Waals surface area contributed by atoms with Gasteiger partial charge in [-0.25, -0.2) is 9.97 Å². The number of rotatable bonds is 3. The molecule has 0 radical (unpaired) electrons. The molecule has 0 aliphatic carbocycles. The van der Waals surface area contributed by atoms with Crippen LogP contribution in [0.4, 0.5) is 0 Å². The van der Waals surface area contributed by atoms with Gasteiger partial charge in [-0.15, -0.1) is 0 Å². The summed E-state index contributed by atoms with van der Waals surface area (Å²) in [7, 11) is 0. The molecular weight excluding hydrogens is 350 g/mol. The summed E-state index contributed by atoms with van der Waals surface area (Å²) in [4.78, 5) is 23.4. The number of fused-ring (bicyclic) bond motifs is 1. The van der Waals surface area contributed by atoms with Gasteiger partial charge in [0, 0.05) is 5.69 Å². The Morgan fingerprint density at radius 2 is 1.93 bits per heavy atom. The van der Waals surface area contributed by atoms with Gasteiger partial charge in [0.2, 0.25) is 0 Å². The maximum absolute atomic E-state index is 12.0. The summed E-state index contributed by atoms with van der Waals surface area (Å²) < 4.78 is 2.04. The third-order valence-electron chi connectivity index (χ3n) is 4.59. The third-order valence-corrected chi connectivity index (χ3v) is 4.59. The van der Waals surface area contributed by atoms with Crippen molar-refractivity contribution >= 4 is 22.7 Å². The zero-order valence-electron chi connectivity index (χ0n) is 15.5. The topological polar surface area (TPSA) is 87.4 Å². The number of aromatic amines is 1. The van der Waals surface area contributed by atoms with Crippen molar-refractivity contribution in [2.24, 2.45) is 0 Å². The van der Waals surface area contributed by atoms with E-state index in [4.69, 9.17) is 5.26 Å². The Hall–Kier alpha value is -3.98. The molecule has 2 aromatic heterocycles. The minimum atomic E-state index is -0.417. The number of nitriles is 1. The Morgan fingerprint density at radius 1 is 1.18 bits per heavy atom. The van der Waals surface area contributed by atoms with Crippen LogP contribution in [0, 0.1) is 18.3 Å². The summed E-state index contributed by atoms with van der Waals surface area (Å²) in [5.41, 5.74) is 4.88. The first-order valence-corrected chi connectivity index (χ1v) is 8.79. The van der Waals surface area contributed by atoms with E-state index in [1.165, 1.54) is 0 Å². The van der Waals surface area contributed by atoms with Gasteiger partial charge in [0.15, 0.2) is 0 Å². The lowest BCUT2D eigenvalue weighted by atomic mass is 10.1. The number of aryl methyl sites for hydroxylation is 1. The van der Waals surface area contributed by atoms with Crippen molar-refractivity contribution in [1.29, 1.82) is 5.26 Å². The molecule has 0 aliphatic heterocycles. The summed E-state index contributed by atoms with van der Waals surface area (Å²) in [5, 5.41) is 9.00. The molecule has 0 spiro atoms. The molecule has 1 N–H and O–H groups in total. The average Bonchev–Trinajstić information content (AvgIpc) is 3.12. The molecule has 28 heavy (non-hydrogen) atoms. The van der Waals surface area contributed by atoms with E-state index in [1.54, 1.807) is 6.92 Å². The van der Waals surface area contributed by atoms with Crippen LogP contribution in [-0.4, -0.2) is 19.5 Å². The second kappa shape index (κ2) is 6.97. The van der Waals surface area contributed by atoms with Crippen LogP contribution in [0.2, 0.25) is 0 Å². The summed E-state index contributed by atoms with van der Waals surface area (Å²) in [6.07, 6.45) is 3.76. The minimum absolute atomic E-state index is 0.0495. The van der Waals surface area contributed by atoms with Gasteiger partial charge in [0.05, 0.1) is 16.7 Å². The van der Waals surface area contributed by atoms with Gasteiger partial charge >= 0.3 is 0 Å². The molecular formula is C22H17N5O. The lowest BCUT2D eigenvalue weighted by molar-refractivity contribution is 1.01. The van der Waals surface area contributed by atoms with Gasteiger partial charge in [0.25, 0.3) is 5.56 Å². The van der Waals surface area contributed by atoms with Gasteiger partial charge in [0.1, 0.15) is 23.8 Å². The van der Waals surface area contributed by atoms with Crippen molar-refractivity contribution in [3.8, 4) is 11.8 Å². The number of imidazole rings is 1. The Balaban J connectivity index is 1.66. The van der Waals surface area contributed by atoms with Crippen molar-refractivity contribution in [2.45, 2.75) is 13.8 Å². The first-order valence-electron chi connectivity index (χ1n) is 8.79. The van der Waals surface area contributed by atoms with Crippen LogP contribution < -0.4 is 5.56 Å². The molecule has 0 unspecified atom stereocenters. The molecule has 6 heteroatoms. The SMILES string of the molecule is C/C(=C/c1ccc(-n2cnc3ccccc32)cc1)c1nc(C)c(C#N)c(=O)[nH]1. The predicted molar refractivity (Wildman–Crippen MR) is 109 cm³/mol. The van der Waals surface area contributed by atoms with Gasteiger partial charge in [-0.3, -0.25) is 9.36 Å². The number of para-hydroxylation sites is 2. The third kappa shape index (κ3) is 3.10. The van der Waals surface area contributed by atoms with Crippen molar-refractivity contribution in [2.75, 3.05) is 0 Å². The quantitative estimate of drug-likeness (QED) is 0.596. The number of hydrogen-bond acceptors (Lipinski definition) is 4. The normalized spacial score (nSPS) is 11.5. The van der Waals surface area contributed by atoms with E-state index in [9.17, 15) is 4.79 Å². The van der Waals surface area contributed by atoms with E-state index in [1.807, 2.05) is 78.5 Å². The van der Waals surface area contributed by atoms with Crippen LogP contribution >= 0.6 is 0 Å². The zero-order chi connectivity index (χ0) is 19.7. The highest BCUT2D eigenvalue weighted by atomic mass is 16.1. The average molecular weight is 367 g/mol. The van der Waals surface area contributed by atoms with E-state index in [0.29, 0.717) is 11.5 Å². The highest BCUT2D eigenvalue weighted by molar-refractivity contribution is 5.79.